The molecule has 0 unspecified atom stereocenters. The van der Waals surface area contributed by atoms with Crippen LogP contribution in [0.3, 0.4) is 0 Å². The smallest absolute Gasteiger partial charge is 0.164 e. The number of aromatic nitrogens is 1. The molecule has 1 heterocycles. The van der Waals surface area contributed by atoms with Gasteiger partial charge in [0.25, 0.3) is 0 Å². The monoisotopic (exact) mass is 199 g/mol. The number of thiazole rings is 1. The molecule has 0 aromatic carbocycles. The minimum Gasteiger partial charge on any atom is -0.374 e. The van der Waals surface area contributed by atoms with Gasteiger partial charge in [0, 0.05) is 12.0 Å². The van der Waals surface area contributed by atoms with Crippen LogP contribution in [-0.2, 0) is 16.0 Å². The maximum Gasteiger partial charge on any atom is 0.164 e. The van der Waals surface area contributed by atoms with Gasteiger partial charge < -0.3 is 4.74 Å². The Morgan fingerprint density at radius 1 is 1.69 bits per heavy atom. The Kier molecular flexibility index (Phi) is 4.05. The Morgan fingerprint density at radius 3 is 3.00 bits per heavy atom. The lowest BCUT2D eigenvalue weighted by Crippen LogP contribution is -2.11. The summed E-state index contributed by atoms with van der Waals surface area (Å²) in [6, 6.07) is 0. The van der Waals surface area contributed by atoms with Gasteiger partial charge in [-0.2, -0.15) is 0 Å². The maximum absolute atomic E-state index is 11.2. The summed E-state index contributed by atoms with van der Waals surface area (Å²) in [5, 5.41) is 2.92. The summed E-state index contributed by atoms with van der Waals surface area (Å²) in [7, 11) is 0. The van der Waals surface area contributed by atoms with Gasteiger partial charge in [0.2, 0.25) is 0 Å². The number of Topliss-reactive ketones (excluding diaryl/α,β-unsaturated/α-hetero) is 1. The minimum atomic E-state index is 0.0900. The second-order valence-electron chi connectivity index (χ2n) is 2.71. The van der Waals surface area contributed by atoms with E-state index in [4.69, 9.17) is 4.74 Å². The van der Waals surface area contributed by atoms with E-state index in [1.54, 1.807) is 11.3 Å². The van der Waals surface area contributed by atoms with Crippen molar-refractivity contribution in [3.05, 3.63) is 16.1 Å². The van der Waals surface area contributed by atoms with Crippen molar-refractivity contribution < 1.29 is 9.53 Å². The highest BCUT2D eigenvalue weighted by Gasteiger charge is 2.05. The molecule has 3 nitrogen and oxygen atoms in total. The van der Waals surface area contributed by atoms with Crippen molar-refractivity contribution in [3.8, 4) is 0 Å². The molecule has 1 aromatic rings. The molecule has 4 heteroatoms. The van der Waals surface area contributed by atoms with Gasteiger partial charge in [0.05, 0.1) is 17.1 Å². The van der Waals surface area contributed by atoms with E-state index >= 15 is 0 Å². The average molecular weight is 199 g/mol. The van der Waals surface area contributed by atoms with Gasteiger partial charge in [0.15, 0.2) is 5.78 Å². The van der Waals surface area contributed by atoms with Crippen molar-refractivity contribution in [3.63, 3.8) is 0 Å². The van der Waals surface area contributed by atoms with E-state index in [1.807, 2.05) is 19.2 Å². The Morgan fingerprint density at radius 2 is 2.46 bits per heavy atom. The molecule has 13 heavy (non-hydrogen) atoms. The van der Waals surface area contributed by atoms with Crippen LogP contribution in [0.15, 0.2) is 5.38 Å². The molecule has 0 atom stereocenters. The van der Waals surface area contributed by atoms with E-state index in [9.17, 15) is 4.79 Å². The van der Waals surface area contributed by atoms with Crippen molar-refractivity contribution >= 4 is 17.1 Å². The van der Waals surface area contributed by atoms with Crippen LogP contribution in [0.5, 0.6) is 0 Å². The molecule has 0 amide bonds. The summed E-state index contributed by atoms with van der Waals surface area (Å²) in [5.41, 5.74) is 0.854. The average Bonchev–Trinajstić information content (AvgIpc) is 2.48. The zero-order chi connectivity index (χ0) is 9.68. The van der Waals surface area contributed by atoms with E-state index in [2.05, 4.69) is 4.98 Å². The molecule has 0 aliphatic heterocycles. The topological polar surface area (TPSA) is 39.2 Å². The summed E-state index contributed by atoms with van der Waals surface area (Å²) >= 11 is 1.57. The van der Waals surface area contributed by atoms with Gasteiger partial charge in [-0.15, -0.1) is 11.3 Å². The summed E-state index contributed by atoms with van der Waals surface area (Å²) < 4.78 is 5.00. The predicted molar refractivity (Wildman–Crippen MR) is 52.1 cm³/mol. The van der Waals surface area contributed by atoms with Gasteiger partial charge in [0.1, 0.15) is 6.61 Å². The number of aryl methyl sites for hydroxylation is 1. The summed E-state index contributed by atoms with van der Waals surface area (Å²) in [6.45, 7) is 4.59. The van der Waals surface area contributed by atoms with E-state index < -0.39 is 0 Å². The first-order valence-corrected chi connectivity index (χ1v) is 5.10. The first-order chi connectivity index (χ1) is 6.22. The van der Waals surface area contributed by atoms with E-state index in [0.717, 1.165) is 10.7 Å². The Labute approximate surface area is 81.8 Å². The number of carbonyl (C=O) groups excluding carboxylic acids is 1. The highest BCUT2D eigenvalue weighted by Crippen LogP contribution is 2.08. The highest BCUT2D eigenvalue weighted by molar-refractivity contribution is 7.09. The van der Waals surface area contributed by atoms with Crippen LogP contribution < -0.4 is 0 Å². The Bertz CT molecular complexity index is 283. The van der Waals surface area contributed by atoms with E-state index in [1.165, 1.54) is 0 Å². The predicted octanol–water partition coefficient (Wildman–Crippen LogP) is 1.60. The van der Waals surface area contributed by atoms with Crippen molar-refractivity contribution in [1.29, 1.82) is 0 Å². The third-order valence-electron chi connectivity index (χ3n) is 1.51. The van der Waals surface area contributed by atoms with Crippen LogP contribution in [0.2, 0.25) is 0 Å². The first kappa shape index (κ1) is 10.3. The van der Waals surface area contributed by atoms with Crippen LogP contribution >= 0.6 is 11.3 Å². The van der Waals surface area contributed by atoms with Gasteiger partial charge in [-0.1, -0.05) is 0 Å². The molecule has 1 rings (SSSR count). The SMILES string of the molecule is CCOCC(=O)Cc1csc(C)n1. The van der Waals surface area contributed by atoms with Crippen LogP contribution in [0.1, 0.15) is 17.6 Å². The van der Waals surface area contributed by atoms with Crippen molar-refractivity contribution in [2.24, 2.45) is 0 Å². The van der Waals surface area contributed by atoms with Gasteiger partial charge in [-0.3, -0.25) is 4.79 Å². The molecule has 0 spiro atoms. The second kappa shape index (κ2) is 5.09. The molecule has 0 aliphatic carbocycles. The third kappa shape index (κ3) is 3.65. The van der Waals surface area contributed by atoms with E-state index in [-0.39, 0.29) is 12.4 Å². The molecule has 0 radical (unpaired) electrons. The minimum absolute atomic E-state index is 0.0900. The van der Waals surface area contributed by atoms with Crippen molar-refractivity contribution in [2.75, 3.05) is 13.2 Å². The van der Waals surface area contributed by atoms with Crippen molar-refractivity contribution in [1.82, 2.24) is 4.98 Å². The molecular weight excluding hydrogens is 186 g/mol. The lowest BCUT2D eigenvalue weighted by Gasteiger charge is -1.97. The Balaban J connectivity index is 2.36. The normalized spacial score (nSPS) is 10.3. The van der Waals surface area contributed by atoms with Gasteiger partial charge in [-0.25, -0.2) is 4.98 Å². The number of ether oxygens (including phenoxy) is 1. The number of carbonyl (C=O) groups is 1. The van der Waals surface area contributed by atoms with Gasteiger partial charge in [-0.05, 0) is 13.8 Å². The molecule has 1 aromatic heterocycles. The van der Waals surface area contributed by atoms with Crippen molar-refractivity contribution in [2.45, 2.75) is 20.3 Å². The molecule has 0 saturated carbocycles. The quantitative estimate of drug-likeness (QED) is 0.723. The summed E-state index contributed by atoms with van der Waals surface area (Å²) in [6.07, 6.45) is 0.393. The number of nitrogens with zero attached hydrogens (tertiary/aromatic N) is 1. The molecule has 0 N–H and O–H groups in total. The van der Waals surface area contributed by atoms with E-state index in [0.29, 0.717) is 13.0 Å². The summed E-state index contributed by atoms with van der Waals surface area (Å²) in [5.74, 6) is 0.0900. The fraction of sp³-hybridized carbons (Fsp3) is 0.556. The zero-order valence-corrected chi connectivity index (χ0v) is 8.69. The van der Waals surface area contributed by atoms with Crippen LogP contribution in [0, 0.1) is 6.92 Å². The highest BCUT2D eigenvalue weighted by atomic mass is 32.1. The fourth-order valence-corrected chi connectivity index (χ4v) is 1.57. The number of rotatable bonds is 5. The van der Waals surface area contributed by atoms with Crippen LogP contribution in [0.4, 0.5) is 0 Å². The Hall–Kier alpha value is -0.740. The molecular formula is C9H13NO2S. The lowest BCUT2D eigenvalue weighted by atomic mass is 10.2. The molecule has 72 valence electrons. The first-order valence-electron chi connectivity index (χ1n) is 4.22. The fourth-order valence-electron chi connectivity index (χ4n) is 0.958. The molecule has 0 saturated heterocycles. The standard InChI is InChI=1S/C9H13NO2S/c1-3-12-5-9(11)4-8-6-13-7(2)10-8/h6H,3-5H2,1-2H3. The van der Waals surface area contributed by atoms with Crippen LogP contribution in [0.25, 0.3) is 0 Å². The largest absolute Gasteiger partial charge is 0.374 e. The summed E-state index contributed by atoms with van der Waals surface area (Å²) in [4.78, 5) is 15.4. The third-order valence-corrected chi connectivity index (χ3v) is 2.33. The zero-order valence-electron chi connectivity index (χ0n) is 7.87. The lowest BCUT2D eigenvalue weighted by molar-refractivity contribution is -0.122. The number of hydrogen-bond acceptors (Lipinski definition) is 4. The van der Waals surface area contributed by atoms with Gasteiger partial charge >= 0.3 is 0 Å². The maximum atomic E-state index is 11.2. The molecule has 0 aliphatic rings. The number of ketones is 1. The van der Waals surface area contributed by atoms with Crippen LogP contribution in [-0.4, -0.2) is 24.0 Å². The molecule has 0 fully saturated rings. The molecule has 0 bridgehead atoms. The number of hydrogen-bond donors (Lipinski definition) is 0. The second-order valence-corrected chi connectivity index (χ2v) is 3.77.